The summed E-state index contributed by atoms with van der Waals surface area (Å²) in [6.07, 6.45) is 0. The lowest BCUT2D eigenvalue weighted by molar-refractivity contribution is -0.142. The molecule has 0 aliphatic carbocycles. The summed E-state index contributed by atoms with van der Waals surface area (Å²) < 4.78 is 17.0. The molecule has 1 aromatic rings. The number of hydrogen-bond acceptors (Lipinski definition) is 3. The average molecular weight is 254 g/mol. The van der Waals surface area contributed by atoms with Gasteiger partial charge in [0.25, 0.3) is 0 Å². The third kappa shape index (κ3) is 3.40. The molecule has 1 rings (SSSR count). The quantitative estimate of drug-likeness (QED) is 0.775. The first kappa shape index (κ1) is 13.9. The maximum Gasteiger partial charge on any atom is 0.321 e. The molecule has 0 saturated heterocycles. The summed E-state index contributed by atoms with van der Waals surface area (Å²) in [5, 5.41) is -0.628. The molecule has 0 bridgehead atoms. The topological polar surface area (TPSA) is 43.4 Å². The molecule has 17 heavy (non-hydrogen) atoms. The molecule has 3 nitrogen and oxygen atoms in total. The molecule has 2 atom stereocenters. The first-order chi connectivity index (χ1) is 7.97. The van der Waals surface area contributed by atoms with Gasteiger partial charge in [-0.2, -0.15) is 0 Å². The minimum atomic E-state index is -1.35. The Morgan fingerprint density at radius 1 is 1.35 bits per heavy atom. The van der Waals surface area contributed by atoms with Gasteiger partial charge in [-0.15, -0.1) is 0 Å². The van der Waals surface area contributed by atoms with Crippen molar-refractivity contribution in [1.82, 2.24) is 0 Å². The molecule has 0 aromatic heterocycles. The summed E-state index contributed by atoms with van der Waals surface area (Å²) in [6, 6.07) is 5.58. The Morgan fingerprint density at radius 3 is 2.53 bits per heavy atom. The number of rotatable bonds is 4. The molecular weight excluding hydrogens is 236 g/mol. The highest BCUT2D eigenvalue weighted by atomic mass is 32.2. The van der Waals surface area contributed by atoms with Crippen LogP contribution in [0.15, 0.2) is 23.1 Å². The van der Waals surface area contributed by atoms with Crippen molar-refractivity contribution in [3.8, 4) is 0 Å². The number of carbonyl (C=O) groups is 1. The second-order valence-electron chi connectivity index (χ2n) is 3.94. The molecule has 0 heterocycles. The Kier molecular flexibility index (Phi) is 4.87. The van der Waals surface area contributed by atoms with Crippen LogP contribution in [0.4, 0.5) is 0 Å². The number of esters is 1. The van der Waals surface area contributed by atoms with E-state index in [0.717, 1.165) is 11.1 Å². The molecule has 1 aromatic carbocycles. The summed E-state index contributed by atoms with van der Waals surface area (Å²) in [5.41, 5.74) is 2.22. The van der Waals surface area contributed by atoms with Gasteiger partial charge >= 0.3 is 5.97 Å². The van der Waals surface area contributed by atoms with Crippen molar-refractivity contribution in [2.24, 2.45) is 0 Å². The summed E-state index contributed by atoms with van der Waals surface area (Å²) in [4.78, 5) is 12.2. The minimum absolute atomic E-state index is 0.313. The SMILES string of the molecule is CCOC(=O)C(C)S(=O)c1ccc(C)c(C)c1. The predicted molar refractivity (Wildman–Crippen MR) is 68.4 cm³/mol. The van der Waals surface area contributed by atoms with Crippen LogP contribution in [-0.2, 0) is 20.3 Å². The molecule has 94 valence electrons. The Bertz CT molecular complexity index is 440. The summed E-state index contributed by atoms with van der Waals surface area (Å²) in [7, 11) is -1.35. The average Bonchev–Trinajstić information content (AvgIpc) is 2.31. The summed E-state index contributed by atoms with van der Waals surface area (Å²) in [6.45, 7) is 7.64. The van der Waals surface area contributed by atoms with Gasteiger partial charge in [0.05, 0.1) is 17.4 Å². The number of hydrogen-bond donors (Lipinski definition) is 0. The van der Waals surface area contributed by atoms with E-state index in [1.54, 1.807) is 19.9 Å². The maximum atomic E-state index is 12.1. The zero-order valence-corrected chi connectivity index (χ0v) is 11.5. The normalized spacial score (nSPS) is 14.1. The van der Waals surface area contributed by atoms with Crippen LogP contribution in [0.3, 0.4) is 0 Å². The van der Waals surface area contributed by atoms with Gasteiger partial charge in [0.2, 0.25) is 0 Å². The fraction of sp³-hybridized carbons (Fsp3) is 0.462. The van der Waals surface area contributed by atoms with Gasteiger partial charge in [-0.25, -0.2) is 0 Å². The van der Waals surface area contributed by atoms with Crippen LogP contribution in [0.5, 0.6) is 0 Å². The third-order valence-corrected chi connectivity index (χ3v) is 4.20. The maximum absolute atomic E-state index is 12.1. The van der Waals surface area contributed by atoms with Crippen LogP contribution >= 0.6 is 0 Å². The summed E-state index contributed by atoms with van der Waals surface area (Å²) in [5.74, 6) is -0.413. The van der Waals surface area contributed by atoms with E-state index in [1.165, 1.54) is 0 Å². The molecule has 0 radical (unpaired) electrons. The second-order valence-corrected chi connectivity index (χ2v) is 5.71. The molecule has 0 spiro atoms. The molecular formula is C13H18O3S. The first-order valence-corrected chi connectivity index (χ1v) is 6.83. The third-order valence-electron chi connectivity index (χ3n) is 2.65. The standard InChI is InChI=1S/C13H18O3S/c1-5-16-13(14)11(4)17(15)12-7-6-9(2)10(3)8-12/h6-8,11H,5H2,1-4H3. The van der Waals surface area contributed by atoms with Gasteiger partial charge in [-0.3, -0.25) is 9.00 Å². The lowest BCUT2D eigenvalue weighted by Crippen LogP contribution is -2.25. The zero-order valence-electron chi connectivity index (χ0n) is 10.6. The van der Waals surface area contributed by atoms with Crippen LogP contribution in [0.25, 0.3) is 0 Å². The van der Waals surface area contributed by atoms with Gasteiger partial charge in [0.1, 0.15) is 5.25 Å². The zero-order chi connectivity index (χ0) is 13.0. The van der Waals surface area contributed by atoms with Crippen molar-refractivity contribution in [2.45, 2.75) is 37.8 Å². The van der Waals surface area contributed by atoms with Crippen molar-refractivity contribution < 1.29 is 13.7 Å². The highest BCUT2D eigenvalue weighted by Gasteiger charge is 2.22. The van der Waals surface area contributed by atoms with Gasteiger partial charge in [-0.1, -0.05) is 6.07 Å². The Labute approximate surface area is 105 Å². The lowest BCUT2D eigenvalue weighted by atomic mass is 10.1. The summed E-state index contributed by atoms with van der Waals surface area (Å²) >= 11 is 0. The molecule has 0 aliphatic rings. The fourth-order valence-electron chi connectivity index (χ4n) is 1.39. The van der Waals surface area contributed by atoms with Crippen molar-refractivity contribution in [2.75, 3.05) is 6.61 Å². The van der Waals surface area contributed by atoms with Gasteiger partial charge in [0, 0.05) is 4.90 Å². The van der Waals surface area contributed by atoms with Crippen LogP contribution in [0.2, 0.25) is 0 Å². The number of aryl methyl sites for hydroxylation is 2. The Hall–Kier alpha value is -1.16. The van der Waals surface area contributed by atoms with E-state index in [2.05, 4.69) is 0 Å². The number of ether oxygens (including phenoxy) is 1. The number of carbonyl (C=O) groups excluding carboxylic acids is 1. The van der Waals surface area contributed by atoms with Crippen LogP contribution < -0.4 is 0 Å². The van der Waals surface area contributed by atoms with E-state index in [9.17, 15) is 9.00 Å². The van der Waals surface area contributed by atoms with Crippen molar-refractivity contribution in [3.63, 3.8) is 0 Å². The second kappa shape index (κ2) is 5.96. The van der Waals surface area contributed by atoms with E-state index in [4.69, 9.17) is 4.74 Å². The highest BCUT2D eigenvalue weighted by Crippen LogP contribution is 2.16. The van der Waals surface area contributed by atoms with Crippen molar-refractivity contribution in [3.05, 3.63) is 29.3 Å². The largest absolute Gasteiger partial charge is 0.465 e. The molecule has 0 fully saturated rings. The molecule has 2 unspecified atom stereocenters. The smallest absolute Gasteiger partial charge is 0.321 e. The van der Waals surface area contributed by atoms with Crippen molar-refractivity contribution >= 4 is 16.8 Å². The van der Waals surface area contributed by atoms with E-state index < -0.39 is 22.0 Å². The highest BCUT2D eigenvalue weighted by molar-refractivity contribution is 7.86. The monoisotopic (exact) mass is 254 g/mol. The van der Waals surface area contributed by atoms with E-state index >= 15 is 0 Å². The molecule has 0 amide bonds. The van der Waals surface area contributed by atoms with Crippen LogP contribution in [0.1, 0.15) is 25.0 Å². The van der Waals surface area contributed by atoms with Crippen LogP contribution in [-0.4, -0.2) is 22.0 Å². The fourth-order valence-corrected chi connectivity index (χ4v) is 2.54. The van der Waals surface area contributed by atoms with E-state index in [1.807, 2.05) is 26.0 Å². The van der Waals surface area contributed by atoms with Gasteiger partial charge in [-0.05, 0) is 51.0 Å². The first-order valence-electron chi connectivity index (χ1n) is 5.61. The van der Waals surface area contributed by atoms with E-state index in [0.29, 0.717) is 11.5 Å². The minimum Gasteiger partial charge on any atom is -0.465 e. The molecule has 0 aliphatic heterocycles. The lowest BCUT2D eigenvalue weighted by Gasteiger charge is -2.11. The molecule has 0 N–H and O–H groups in total. The van der Waals surface area contributed by atoms with Crippen molar-refractivity contribution in [1.29, 1.82) is 0 Å². The van der Waals surface area contributed by atoms with E-state index in [-0.39, 0.29) is 0 Å². The molecule has 0 saturated carbocycles. The van der Waals surface area contributed by atoms with Crippen LogP contribution in [0, 0.1) is 13.8 Å². The number of benzene rings is 1. The molecule has 4 heteroatoms. The Morgan fingerprint density at radius 2 is 2.00 bits per heavy atom. The van der Waals surface area contributed by atoms with Gasteiger partial charge < -0.3 is 4.74 Å². The Balaban J connectivity index is 2.89. The predicted octanol–water partition coefficient (Wildman–Crippen LogP) is 2.36. The van der Waals surface area contributed by atoms with Gasteiger partial charge in [0.15, 0.2) is 0 Å².